The van der Waals surface area contributed by atoms with Gasteiger partial charge in [0.25, 0.3) is 0 Å². The van der Waals surface area contributed by atoms with Crippen LogP contribution in [0.2, 0.25) is 0 Å². The van der Waals surface area contributed by atoms with Crippen LogP contribution in [0.4, 0.5) is 0 Å². The molecule has 5 nitrogen and oxygen atoms in total. The lowest BCUT2D eigenvalue weighted by atomic mass is 10.1. The van der Waals surface area contributed by atoms with Crippen LogP contribution in [0, 0.1) is 5.92 Å². The van der Waals surface area contributed by atoms with E-state index in [0.29, 0.717) is 11.8 Å². The van der Waals surface area contributed by atoms with Gasteiger partial charge in [-0.1, -0.05) is 49.4 Å². The molecule has 0 spiro atoms. The molecule has 0 bridgehead atoms. The molecule has 0 saturated heterocycles. The van der Waals surface area contributed by atoms with Gasteiger partial charge in [-0.05, 0) is 35.2 Å². The Labute approximate surface area is 160 Å². The van der Waals surface area contributed by atoms with E-state index in [1.54, 1.807) is 18.5 Å². The number of benzene rings is 2. The van der Waals surface area contributed by atoms with Crippen molar-refractivity contribution < 1.29 is 9.84 Å². The lowest BCUT2D eigenvalue weighted by molar-refractivity contribution is 0.163. The molecule has 0 amide bonds. The predicted octanol–water partition coefficient (Wildman–Crippen LogP) is 3.90. The molecule has 1 aromatic heterocycles. The third kappa shape index (κ3) is 6.16. The minimum absolute atomic E-state index is 0.190. The fourth-order valence-corrected chi connectivity index (χ4v) is 2.89. The van der Waals surface area contributed by atoms with E-state index in [2.05, 4.69) is 58.2 Å². The Balaban J connectivity index is 1.65. The SMILES string of the molecule is CC(CO)CN(Cc1ccccc1)Cc1ccc(Oc2ncccn2)cc1. The highest BCUT2D eigenvalue weighted by atomic mass is 16.5. The average molecular weight is 363 g/mol. The largest absolute Gasteiger partial charge is 0.424 e. The third-order valence-electron chi connectivity index (χ3n) is 4.21. The zero-order chi connectivity index (χ0) is 18.9. The van der Waals surface area contributed by atoms with E-state index in [-0.39, 0.29) is 12.5 Å². The van der Waals surface area contributed by atoms with Crippen molar-refractivity contribution in [2.45, 2.75) is 20.0 Å². The first-order valence-electron chi connectivity index (χ1n) is 9.14. The first-order valence-corrected chi connectivity index (χ1v) is 9.14. The molecule has 0 fully saturated rings. The molecule has 5 heteroatoms. The minimum Gasteiger partial charge on any atom is -0.424 e. The maximum atomic E-state index is 9.44. The van der Waals surface area contributed by atoms with Crippen LogP contribution in [0.1, 0.15) is 18.1 Å². The van der Waals surface area contributed by atoms with E-state index in [1.165, 1.54) is 11.1 Å². The summed E-state index contributed by atoms with van der Waals surface area (Å²) in [4.78, 5) is 10.5. The maximum absolute atomic E-state index is 9.44. The van der Waals surface area contributed by atoms with Crippen LogP contribution in [-0.4, -0.2) is 33.1 Å². The van der Waals surface area contributed by atoms with Gasteiger partial charge in [-0.2, -0.15) is 0 Å². The molecule has 0 saturated carbocycles. The van der Waals surface area contributed by atoms with Crippen LogP contribution >= 0.6 is 0 Å². The van der Waals surface area contributed by atoms with E-state index in [1.807, 2.05) is 18.2 Å². The number of hydrogen-bond acceptors (Lipinski definition) is 5. The van der Waals surface area contributed by atoms with E-state index in [4.69, 9.17) is 4.74 Å². The topological polar surface area (TPSA) is 58.5 Å². The molecule has 140 valence electrons. The summed E-state index contributed by atoms with van der Waals surface area (Å²) in [5, 5.41) is 9.44. The fourth-order valence-electron chi connectivity index (χ4n) is 2.89. The minimum atomic E-state index is 0.190. The van der Waals surface area contributed by atoms with Gasteiger partial charge in [-0.25, -0.2) is 9.97 Å². The standard InChI is InChI=1S/C22H25N3O2/c1-18(17-26)14-25(15-19-6-3-2-4-7-19)16-20-8-10-21(11-9-20)27-22-23-12-5-13-24-22/h2-13,18,26H,14-17H2,1H3. The van der Waals surface area contributed by atoms with Gasteiger partial charge in [-0.15, -0.1) is 0 Å². The van der Waals surface area contributed by atoms with Crippen LogP contribution in [0.5, 0.6) is 11.8 Å². The second kappa shape index (κ2) is 9.80. The first kappa shape index (κ1) is 19.0. The Morgan fingerprint density at radius 1 is 0.889 bits per heavy atom. The van der Waals surface area contributed by atoms with Crippen molar-refractivity contribution in [1.82, 2.24) is 14.9 Å². The van der Waals surface area contributed by atoms with Crippen molar-refractivity contribution in [3.05, 3.63) is 84.2 Å². The molecular weight excluding hydrogens is 338 g/mol. The van der Waals surface area contributed by atoms with Crippen molar-refractivity contribution in [3.63, 3.8) is 0 Å². The van der Waals surface area contributed by atoms with Crippen molar-refractivity contribution >= 4 is 0 Å². The number of nitrogens with zero attached hydrogens (tertiary/aromatic N) is 3. The number of rotatable bonds is 9. The van der Waals surface area contributed by atoms with Gasteiger partial charge in [-0.3, -0.25) is 4.90 Å². The zero-order valence-corrected chi connectivity index (χ0v) is 15.5. The van der Waals surface area contributed by atoms with Gasteiger partial charge in [0.15, 0.2) is 0 Å². The summed E-state index contributed by atoms with van der Waals surface area (Å²) in [5.74, 6) is 0.940. The molecule has 1 unspecified atom stereocenters. The van der Waals surface area contributed by atoms with Crippen molar-refractivity contribution in [2.24, 2.45) is 5.92 Å². The summed E-state index contributed by atoms with van der Waals surface area (Å²) >= 11 is 0. The Kier molecular flexibility index (Phi) is 6.90. The summed E-state index contributed by atoms with van der Waals surface area (Å²) in [6.07, 6.45) is 3.31. The molecule has 0 aliphatic heterocycles. The molecule has 1 N–H and O–H groups in total. The maximum Gasteiger partial charge on any atom is 0.321 e. The van der Waals surface area contributed by atoms with Crippen LogP contribution in [0.25, 0.3) is 0 Å². The Morgan fingerprint density at radius 2 is 1.52 bits per heavy atom. The van der Waals surface area contributed by atoms with Crippen LogP contribution in [0.3, 0.4) is 0 Å². The molecule has 3 aromatic rings. The average Bonchev–Trinajstić information content (AvgIpc) is 2.71. The molecule has 0 radical (unpaired) electrons. The van der Waals surface area contributed by atoms with Crippen LogP contribution in [-0.2, 0) is 13.1 Å². The summed E-state index contributed by atoms with van der Waals surface area (Å²) in [6.45, 7) is 4.74. The van der Waals surface area contributed by atoms with Gasteiger partial charge in [0.2, 0.25) is 0 Å². The highest BCUT2D eigenvalue weighted by Crippen LogP contribution is 2.19. The van der Waals surface area contributed by atoms with Gasteiger partial charge in [0.05, 0.1) is 0 Å². The third-order valence-corrected chi connectivity index (χ3v) is 4.21. The highest BCUT2D eigenvalue weighted by molar-refractivity contribution is 5.29. The summed E-state index contributed by atoms with van der Waals surface area (Å²) in [5.41, 5.74) is 2.46. The predicted molar refractivity (Wildman–Crippen MR) is 105 cm³/mol. The fraction of sp³-hybridized carbons (Fsp3) is 0.273. The van der Waals surface area contributed by atoms with Gasteiger partial charge in [0, 0.05) is 38.6 Å². The van der Waals surface area contributed by atoms with Crippen molar-refractivity contribution in [3.8, 4) is 11.8 Å². The molecule has 3 rings (SSSR count). The summed E-state index contributed by atoms with van der Waals surface area (Å²) in [6, 6.07) is 20.5. The quantitative estimate of drug-likeness (QED) is 0.625. The Bertz CT molecular complexity index is 795. The molecular formula is C22H25N3O2. The number of aliphatic hydroxyl groups is 1. The number of aliphatic hydroxyl groups excluding tert-OH is 1. The number of hydrogen-bond donors (Lipinski definition) is 1. The normalized spacial score (nSPS) is 12.1. The highest BCUT2D eigenvalue weighted by Gasteiger charge is 2.11. The molecule has 1 heterocycles. The first-order chi connectivity index (χ1) is 13.2. The lowest BCUT2D eigenvalue weighted by Crippen LogP contribution is -2.29. The molecule has 2 aromatic carbocycles. The molecule has 1 atom stereocenters. The number of ether oxygens (including phenoxy) is 1. The van der Waals surface area contributed by atoms with Gasteiger partial charge >= 0.3 is 6.01 Å². The monoisotopic (exact) mass is 363 g/mol. The molecule has 27 heavy (non-hydrogen) atoms. The summed E-state index contributed by atoms with van der Waals surface area (Å²) < 4.78 is 5.65. The molecule has 0 aliphatic rings. The lowest BCUT2D eigenvalue weighted by Gasteiger charge is -2.25. The molecule has 0 aliphatic carbocycles. The smallest absolute Gasteiger partial charge is 0.321 e. The van der Waals surface area contributed by atoms with Gasteiger partial charge in [0.1, 0.15) is 5.75 Å². The Hall–Kier alpha value is -2.76. The van der Waals surface area contributed by atoms with E-state index in [9.17, 15) is 5.11 Å². The van der Waals surface area contributed by atoms with E-state index in [0.717, 1.165) is 19.6 Å². The Morgan fingerprint density at radius 3 is 2.15 bits per heavy atom. The van der Waals surface area contributed by atoms with Gasteiger partial charge < -0.3 is 9.84 Å². The van der Waals surface area contributed by atoms with Crippen LogP contribution < -0.4 is 4.74 Å². The van der Waals surface area contributed by atoms with E-state index < -0.39 is 0 Å². The van der Waals surface area contributed by atoms with Crippen molar-refractivity contribution in [2.75, 3.05) is 13.2 Å². The van der Waals surface area contributed by atoms with E-state index >= 15 is 0 Å². The summed E-state index contributed by atoms with van der Waals surface area (Å²) in [7, 11) is 0. The van der Waals surface area contributed by atoms with Crippen molar-refractivity contribution in [1.29, 1.82) is 0 Å². The second-order valence-corrected chi connectivity index (χ2v) is 6.72. The second-order valence-electron chi connectivity index (χ2n) is 6.72. The number of aromatic nitrogens is 2. The van der Waals surface area contributed by atoms with Crippen LogP contribution in [0.15, 0.2) is 73.1 Å². The zero-order valence-electron chi connectivity index (χ0n) is 15.5.